The Balaban J connectivity index is 2.32. The number of fused-ring (bicyclic) bond motifs is 1. The second kappa shape index (κ2) is 4.69. The highest BCUT2D eigenvalue weighted by atomic mass is 32.2. The van der Waals surface area contributed by atoms with Gasteiger partial charge in [0.05, 0.1) is 10.9 Å². The summed E-state index contributed by atoms with van der Waals surface area (Å²) in [5, 5.41) is 2.89. The summed E-state index contributed by atoms with van der Waals surface area (Å²) in [5.41, 5.74) is 7.48. The number of anilines is 1. The van der Waals surface area contributed by atoms with Gasteiger partial charge in [-0.1, -0.05) is 6.07 Å². The average molecular weight is 254 g/mol. The molecular weight excluding hydrogens is 240 g/mol. The quantitative estimate of drug-likeness (QED) is 0.708. The zero-order chi connectivity index (χ0) is 11.7. The smallest absolute Gasteiger partial charge is 0.237 e. The third kappa shape index (κ3) is 2.21. The Morgan fingerprint density at radius 1 is 1.62 bits per heavy atom. The number of thioether (sulfide) groups is 1. The lowest BCUT2D eigenvalue weighted by atomic mass is 10.1. The second-order valence-electron chi connectivity index (χ2n) is 3.76. The molecule has 0 aliphatic carbocycles. The monoisotopic (exact) mass is 254 g/mol. The van der Waals surface area contributed by atoms with Crippen LogP contribution in [0.2, 0.25) is 0 Å². The molecule has 0 spiro atoms. The number of carbonyl (C=O) groups excluding carboxylic acids is 1. The van der Waals surface area contributed by atoms with Gasteiger partial charge in [-0.15, -0.1) is 11.8 Å². The Labute approximate surface area is 105 Å². The van der Waals surface area contributed by atoms with Crippen LogP contribution >= 0.6 is 24.4 Å². The van der Waals surface area contributed by atoms with Gasteiger partial charge in [-0.05, 0) is 24.6 Å². The van der Waals surface area contributed by atoms with Crippen LogP contribution in [0.5, 0.6) is 0 Å². The SMILES string of the molecule is CC1Sc2ccc(C(S)CN)cc2NC1=O. The topological polar surface area (TPSA) is 55.1 Å². The van der Waals surface area contributed by atoms with E-state index in [2.05, 4.69) is 17.9 Å². The molecule has 1 amide bonds. The number of amides is 1. The summed E-state index contributed by atoms with van der Waals surface area (Å²) in [6, 6.07) is 5.99. The molecule has 2 unspecified atom stereocenters. The minimum atomic E-state index is -0.0281. The van der Waals surface area contributed by atoms with Crippen LogP contribution in [0.25, 0.3) is 0 Å². The zero-order valence-electron chi connectivity index (χ0n) is 8.93. The van der Waals surface area contributed by atoms with Crippen molar-refractivity contribution in [3.8, 4) is 0 Å². The summed E-state index contributed by atoms with van der Waals surface area (Å²) >= 11 is 5.96. The molecule has 1 aliphatic rings. The van der Waals surface area contributed by atoms with E-state index in [0.29, 0.717) is 6.54 Å². The molecular formula is C11H14N2OS2. The van der Waals surface area contributed by atoms with E-state index in [1.807, 2.05) is 25.1 Å². The summed E-state index contributed by atoms with van der Waals surface area (Å²) in [6.45, 7) is 2.39. The first-order valence-electron chi connectivity index (χ1n) is 5.11. The molecule has 86 valence electrons. The number of nitrogens with one attached hydrogen (secondary N) is 1. The Hall–Kier alpha value is -0.650. The summed E-state index contributed by atoms with van der Waals surface area (Å²) in [5.74, 6) is 0.0538. The molecule has 5 heteroatoms. The van der Waals surface area contributed by atoms with Crippen LogP contribution in [0.15, 0.2) is 23.1 Å². The molecule has 2 rings (SSSR count). The predicted octanol–water partition coefficient (Wildman–Crippen LogP) is 2.05. The normalized spacial score (nSPS) is 21.2. The number of carbonyl (C=O) groups is 1. The number of nitrogens with two attached hydrogens (primary N) is 1. The van der Waals surface area contributed by atoms with Crippen LogP contribution in [0.1, 0.15) is 17.7 Å². The first-order chi connectivity index (χ1) is 7.61. The van der Waals surface area contributed by atoms with E-state index in [4.69, 9.17) is 5.73 Å². The summed E-state index contributed by atoms with van der Waals surface area (Å²) in [4.78, 5) is 12.6. The summed E-state index contributed by atoms with van der Waals surface area (Å²) in [6.07, 6.45) is 0. The highest BCUT2D eigenvalue weighted by Gasteiger charge is 2.23. The zero-order valence-corrected chi connectivity index (χ0v) is 10.6. The highest BCUT2D eigenvalue weighted by Crippen LogP contribution is 2.37. The summed E-state index contributed by atoms with van der Waals surface area (Å²) < 4.78 is 0. The molecule has 0 radical (unpaired) electrons. The molecule has 0 saturated heterocycles. The molecule has 0 saturated carbocycles. The molecule has 2 atom stereocenters. The Bertz CT molecular complexity index is 422. The van der Waals surface area contributed by atoms with Crippen molar-refractivity contribution < 1.29 is 4.79 Å². The average Bonchev–Trinajstić information content (AvgIpc) is 2.29. The van der Waals surface area contributed by atoms with Gasteiger partial charge in [0.1, 0.15) is 0 Å². The van der Waals surface area contributed by atoms with Gasteiger partial charge in [0, 0.05) is 16.7 Å². The minimum absolute atomic E-state index is 0.0200. The Morgan fingerprint density at radius 2 is 2.38 bits per heavy atom. The van der Waals surface area contributed by atoms with Crippen LogP contribution in [-0.2, 0) is 4.79 Å². The number of rotatable bonds is 2. The van der Waals surface area contributed by atoms with Crippen molar-refractivity contribution in [1.82, 2.24) is 0 Å². The molecule has 0 aromatic heterocycles. The van der Waals surface area contributed by atoms with Gasteiger partial charge in [0.25, 0.3) is 0 Å². The lowest BCUT2D eigenvalue weighted by molar-refractivity contribution is -0.115. The van der Waals surface area contributed by atoms with Crippen LogP contribution in [0.3, 0.4) is 0 Å². The first-order valence-corrected chi connectivity index (χ1v) is 6.51. The summed E-state index contributed by atoms with van der Waals surface area (Å²) in [7, 11) is 0. The van der Waals surface area contributed by atoms with Crippen molar-refractivity contribution in [2.75, 3.05) is 11.9 Å². The van der Waals surface area contributed by atoms with E-state index < -0.39 is 0 Å². The molecule has 0 fully saturated rings. The minimum Gasteiger partial charge on any atom is -0.329 e. The molecule has 1 aliphatic heterocycles. The van der Waals surface area contributed by atoms with Gasteiger partial charge in [0.15, 0.2) is 0 Å². The lowest BCUT2D eigenvalue weighted by Crippen LogP contribution is -2.26. The maximum absolute atomic E-state index is 11.5. The number of hydrogen-bond donors (Lipinski definition) is 3. The fourth-order valence-electron chi connectivity index (χ4n) is 1.57. The van der Waals surface area contributed by atoms with Gasteiger partial charge in [-0.3, -0.25) is 4.79 Å². The molecule has 1 aromatic rings. The maximum atomic E-state index is 11.5. The molecule has 1 aromatic carbocycles. The van der Waals surface area contributed by atoms with Gasteiger partial charge in [0.2, 0.25) is 5.91 Å². The molecule has 0 bridgehead atoms. The van der Waals surface area contributed by atoms with Gasteiger partial charge >= 0.3 is 0 Å². The maximum Gasteiger partial charge on any atom is 0.237 e. The van der Waals surface area contributed by atoms with Crippen molar-refractivity contribution in [3.05, 3.63) is 23.8 Å². The predicted molar refractivity (Wildman–Crippen MR) is 71.2 cm³/mol. The van der Waals surface area contributed by atoms with Crippen LogP contribution in [0.4, 0.5) is 5.69 Å². The van der Waals surface area contributed by atoms with E-state index >= 15 is 0 Å². The third-order valence-electron chi connectivity index (χ3n) is 2.54. The van der Waals surface area contributed by atoms with Gasteiger partial charge < -0.3 is 11.1 Å². The fraction of sp³-hybridized carbons (Fsp3) is 0.364. The highest BCUT2D eigenvalue weighted by molar-refractivity contribution is 8.00. The van der Waals surface area contributed by atoms with Crippen molar-refractivity contribution in [3.63, 3.8) is 0 Å². The Kier molecular flexibility index (Phi) is 3.47. The van der Waals surface area contributed by atoms with Gasteiger partial charge in [-0.2, -0.15) is 12.6 Å². The van der Waals surface area contributed by atoms with Crippen molar-refractivity contribution in [2.24, 2.45) is 5.73 Å². The van der Waals surface area contributed by atoms with Crippen molar-refractivity contribution in [1.29, 1.82) is 0 Å². The molecule has 1 heterocycles. The van der Waals surface area contributed by atoms with Crippen LogP contribution in [0, 0.1) is 0 Å². The number of thiol groups is 1. The third-order valence-corrected chi connectivity index (χ3v) is 4.23. The molecule has 16 heavy (non-hydrogen) atoms. The second-order valence-corrected chi connectivity index (χ2v) is 5.76. The van der Waals surface area contributed by atoms with E-state index in [1.54, 1.807) is 11.8 Å². The van der Waals surface area contributed by atoms with E-state index in [-0.39, 0.29) is 16.4 Å². The first kappa shape index (κ1) is 11.8. The van der Waals surface area contributed by atoms with E-state index in [1.165, 1.54) is 0 Å². The van der Waals surface area contributed by atoms with Gasteiger partial charge in [-0.25, -0.2) is 0 Å². The van der Waals surface area contributed by atoms with Crippen LogP contribution in [-0.4, -0.2) is 17.7 Å². The molecule has 3 nitrogen and oxygen atoms in total. The lowest BCUT2D eigenvalue weighted by Gasteiger charge is -2.22. The standard InChI is InChI=1S/C11H14N2OS2/c1-6-11(14)13-8-4-7(9(15)5-12)2-3-10(8)16-6/h2-4,6,9,15H,5,12H2,1H3,(H,13,14). The fourth-order valence-corrected chi connectivity index (χ4v) is 2.66. The largest absolute Gasteiger partial charge is 0.329 e. The van der Waals surface area contributed by atoms with E-state index in [9.17, 15) is 4.79 Å². The van der Waals surface area contributed by atoms with Crippen molar-refractivity contribution >= 4 is 36.0 Å². The number of benzene rings is 1. The van der Waals surface area contributed by atoms with Crippen LogP contribution < -0.4 is 11.1 Å². The van der Waals surface area contributed by atoms with E-state index in [0.717, 1.165) is 16.1 Å². The molecule has 3 N–H and O–H groups in total. The Morgan fingerprint density at radius 3 is 3.06 bits per heavy atom. The number of hydrogen-bond acceptors (Lipinski definition) is 4. The van der Waals surface area contributed by atoms with Crippen molar-refractivity contribution in [2.45, 2.75) is 22.3 Å².